The summed E-state index contributed by atoms with van der Waals surface area (Å²) in [5.74, 6) is 0.219. The van der Waals surface area contributed by atoms with Gasteiger partial charge in [0.1, 0.15) is 11.3 Å². The van der Waals surface area contributed by atoms with Crippen molar-refractivity contribution in [1.29, 1.82) is 0 Å². The van der Waals surface area contributed by atoms with E-state index in [2.05, 4.69) is 5.32 Å². The molecule has 3 rings (SSSR count). The normalized spacial score (nSPS) is 10.6. The summed E-state index contributed by atoms with van der Waals surface area (Å²) in [7, 11) is 1.69. The molecule has 1 aromatic heterocycles. The highest BCUT2D eigenvalue weighted by molar-refractivity contribution is 5.96. The third-order valence-electron chi connectivity index (χ3n) is 3.96. The number of amides is 3. The van der Waals surface area contributed by atoms with Gasteiger partial charge in [0.15, 0.2) is 0 Å². The van der Waals surface area contributed by atoms with Crippen molar-refractivity contribution < 1.29 is 14.0 Å². The molecule has 0 unspecified atom stereocenters. The first-order valence-electron chi connectivity index (χ1n) is 7.84. The summed E-state index contributed by atoms with van der Waals surface area (Å²) in [5, 5.41) is 3.80. The summed E-state index contributed by atoms with van der Waals surface area (Å²) in [4.78, 5) is 25.1. The predicted molar refractivity (Wildman–Crippen MR) is 96.4 cm³/mol. The maximum absolute atomic E-state index is 12.3. The fourth-order valence-corrected chi connectivity index (χ4v) is 2.66. The molecule has 0 bridgehead atoms. The molecule has 25 heavy (non-hydrogen) atoms. The van der Waals surface area contributed by atoms with E-state index in [1.165, 1.54) is 4.90 Å². The first-order chi connectivity index (χ1) is 11.9. The van der Waals surface area contributed by atoms with Gasteiger partial charge in [0.05, 0.1) is 6.54 Å². The summed E-state index contributed by atoms with van der Waals surface area (Å²) < 4.78 is 5.73. The van der Waals surface area contributed by atoms with Crippen LogP contribution >= 0.6 is 0 Å². The topological polar surface area (TPSA) is 88.6 Å². The SMILES string of the molecule is Cc1cc(NC(=O)N(C)Cc2cc3ccccc3o2)ccc1C(N)=O. The zero-order valence-corrected chi connectivity index (χ0v) is 14.1. The summed E-state index contributed by atoms with van der Waals surface area (Å²) >= 11 is 0. The number of primary amides is 1. The van der Waals surface area contributed by atoms with Crippen molar-refractivity contribution in [2.45, 2.75) is 13.5 Å². The fraction of sp³-hybridized carbons (Fsp3) is 0.158. The molecular weight excluding hydrogens is 318 g/mol. The second-order valence-electron chi connectivity index (χ2n) is 5.93. The van der Waals surface area contributed by atoms with Crippen molar-refractivity contribution in [3.8, 4) is 0 Å². The van der Waals surface area contributed by atoms with E-state index in [9.17, 15) is 9.59 Å². The number of para-hydroxylation sites is 1. The van der Waals surface area contributed by atoms with Crippen LogP contribution in [-0.4, -0.2) is 23.9 Å². The Kier molecular flexibility index (Phi) is 4.43. The zero-order valence-electron chi connectivity index (χ0n) is 14.1. The highest BCUT2D eigenvalue weighted by Gasteiger charge is 2.13. The molecule has 3 amide bonds. The Morgan fingerprint density at radius 3 is 2.60 bits per heavy atom. The highest BCUT2D eigenvalue weighted by atomic mass is 16.3. The Bertz CT molecular complexity index is 913. The second-order valence-corrected chi connectivity index (χ2v) is 5.93. The van der Waals surface area contributed by atoms with Crippen molar-refractivity contribution in [2.75, 3.05) is 12.4 Å². The van der Waals surface area contributed by atoms with Gasteiger partial charge in [-0.3, -0.25) is 4.79 Å². The van der Waals surface area contributed by atoms with Gasteiger partial charge in [-0.2, -0.15) is 0 Å². The number of benzene rings is 2. The van der Waals surface area contributed by atoms with Gasteiger partial charge in [0, 0.05) is 23.7 Å². The van der Waals surface area contributed by atoms with E-state index in [4.69, 9.17) is 10.2 Å². The number of carbonyl (C=O) groups is 2. The smallest absolute Gasteiger partial charge is 0.321 e. The van der Waals surface area contributed by atoms with E-state index >= 15 is 0 Å². The highest BCUT2D eigenvalue weighted by Crippen LogP contribution is 2.20. The van der Waals surface area contributed by atoms with Crippen LogP contribution in [0.15, 0.2) is 52.9 Å². The average Bonchev–Trinajstić information content (AvgIpc) is 2.96. The molecule has 0 spiro atoms. The lowest BCUT2D eigenvalue weighted by Crippen LogP contribution is -2.30. The number of anilines is 1. The van der Waals surface area contributed by atoms with E-state index in [1.54, 1.807) is 32.2 Å². The molecule has 0 fully saturated rings. The monoisotopic (exact) mass is 337 g/mol. The molecule has 0 aliphatic rings. The molecule has 0 atom stereocenters. The maximum atomic E-state index is 12.3. The minimum absolute atomic E-state index is 0.272. The molecule has 0 aliphatic heterocycles. The summed E-state index contributed by atoms with van der Waals surface area (Å²) in [5.41, 5.74) is 7.84. The van der Waals surface area contributed by atoms with E-state index in [-0.39, 0.29) is 6.03 Å². The molecule has 0 radical (unpaired) electrons. The summed E-state index contributed by atoms with van der Waals surface area (Å²) in [6.45, 7) is 2.12. The van der Waals surface area contributed by atoms with E-state index in [0.717, 1.165) is 11.0 Å². The largest absolute Gasteiger partial charge is 0.459 e. The van der Waals surface area contributed by atoms with E-state index in [0.29, 0.717) is 29.1 Å². The maximum Gasteiger partial charge on any atom is 0.321 e. The van der Waals surface area contributed by atoms with E-state index in [1.807, 2.05) is 30.3 Å². The van der Waals surface area contributed by atoms with Crippen LogP contribution in [0.25, 0.3) is 11.0 Å². The predicted octanol–water partition coefficient (Wildman–Crippen LogP) is 3.50. The van der Waals surface area contributed by atoms with Gasteiger partial charge >= 0.3 is 6.03 Å². The number of rotatable bonds is 4. The first-order valence-corrected chi connectivity index (χ1v) is 7.84. The van der Waals surface area contributed by atoms with Crippen LogP contribution in [0, 0.1) is 6.92 Å². The number of nitrogens with two attached hydrogens (primary N) is 1. The number of urea groups is 1. The van der Waals surface area contributed by atoms with Crippen molar-refractivity contribution >= 4 is 28.6 Å². The Balaban J connectivity index is 1.68. The lowest BCUT2D eigenvalue weighted by atomic mass is 10.1. The van der Waals surface area contributed by atoms with Crippen molar-refractivity contribution in [3.63, 3.8) is 0 Å². The number of furan rings is 1. The van der Waals surface area contributed by atoms with Gasteiger partial charge in [-0.15, -0.1) is 0 Å². The molecule has 3 N–H and O–H groups in total. The minimum Gasteiger partial charge on any atom is -0.459 e. The Morgan fingerprint density at radius 1 is 1.16 bits per heavy atom. The molecule has 6 nitrogen and oxygen atoms in total. The standard InChI is InChI=1S/C19H19N3O3/c1-12-9-14(7-8-16(12)18(20)23)21-19(24)22(2)11-15-10-13-5-3-4-6-17(13)25-15/h3-10H,11H2,1-2H3,(H2,20,23)(H,21,24). The molecule has 0 saturated carbocycles. The quantitative estimate of drug-likeness (QED) is 0.763. The Labute approximate surface area is 145 Å². The molecule has 6 heteroatoms. The number of carbonyl (C=O) groups excluding carboxylic acids is 2. The lowest BCUT2D eigenvalue weighted by Gasteiger charge is -2.17. The number of hydrogen-bond donors (Lipinski definition) is 2. The van der Waals surface area contributed by atoms with Gasteiger partial charge in [-0.1, -0.05) is 18.2 Å². The lowest BCUT2D eigenvalue weighted by molar-refractivity contribution is 0.0999. The number of fused-ring (bicyclic) bond motifs is 1. The number of hydrogen-bond acceptors (Lipinski definition) is 3. The van der Waals surface area contributed by atoms with Gasteiger partial charge in [0.25, 0.3) is 0 Å². The number of aryl methyl sites for hydroxylation is 1. The average molecular weight is 337 g/mol. The van der Waals surface area contributed by atoms with Gasteiger partial charge in [-0.25, -0.2) is 4.79 Å². The van der Waals surface area contributed by atoms with Crippen LogP contribution < -0.4 is 11.1 Å². The fourth-order valence-electron chi connectivity index (χ4n) is 2.66. The molecule has 2 aromatic carbocycles. The van der Waals surface area contributed by atoms with E-state index < -0.39 is 5.91 Å². The van der Waals surface area contributed by atoms with Crippen LogP contribution in [0.3, 0.4) is 0 Å². The van der Waals surface area contributed by atoms with Gasteiger partial charge in [0.2, 0.25) is 5.91 Å². The van der Waals surface area contributed by atoms with Crippen LogP contribution in [0.4, 0.5) is 10.5 Å². The van der Waals surface area contributed by atoms with Crippen molar-refractivity contribution in [2.24, 2.45) is 5.73 Å². The summed E-state index contributed by atoms with van der Waals surface area (Å²) in [6, 6.07) is 14.3. The van der Waals surface area contributed by atoms with Gasteiger partial charge < -0.3 is 20.4 Å². The summed E-state index contributed by atoms with van der Waals surface area (Å²) in [6.07, 6.45) is 0. The Hall–Kier alpha value is -3.28. The van der Waals surface area contributed by atoms with Crippen LogP contribution in [-0.2, 0) is 6.54 Å². The molecule has 128 valence electrons. The molecule has 3 aromatic rings. The molecular formula is C19H19N3O3. The second kappa shape index (κ2) is 6.68. The van der Waals surface area contributed by atoms with Crippen LogP contribution in [0.1, 0.15) is 21.7 Å². The van der Waals surface area contributed by atoms with Crippen LogP contribution in [0.2, 0.25) is 0 Å². The molecule has 0 saturated heterocycles. The third kappa shape index (κ3) is 3.63. The van der Waals surface area contributed by atoms with Gasteiger partial charge in [-0.05, 0) is 42.8 Å². The first kappa shape index (κ1) is 16.6. The number of nitrogens with one attached hydrogen (secondary N) is 1. The Morgan fingerprint density at radius 2 is 1.92 bits per heavy atom. The van der Waals surface area contributed by atoms with Crippen molar-refractivity contribution in [1.82, 2.24) is 4.90 Å². The van der Waals surface area contributed by atoms with Crippen LogP contribution in [0.5, 0.6) is 0 Å². The van der Waals surface area contributed by atoms with Crippen molar-refractivity contribution in [3.05, 3.63) is 65.4 Å². The minimum atomic E-state index is -0.489. The molecule has 1 heterocycles. The third-order valence-corrected chi connectivity index (χ3v) is 3.96. The molecule has 0 aliphatic carbocycles. The number of nitrogens with zero attached hydrogens (tertiary/aromatic N) is 1. The zero-order chi connectivity index (χ0) is 18.0.